The summed E-state index contributed by atoms with van der Waals surface area (Å²) in [6, 6.07) is 5.27. The summed E-state index contributed by atoms with van der Waals surface area (Å²) in [6.07, 6.45) is 1.89. The number of carbonyl (C=O) groups excluding carboxylic acids is 1. The van der Waals surface area contributed by atoms with E-state index in [0.29, 0.717) is 17.1 Å². The largest absolute Gasteiger partial charge is 0.454 e. The van der Waals surface area contributed by atoms with Gasteiger partial charge in [0.05, 0.1) is 0 Å². The van der Waals surface area contributed by atoms with Crippen LogP contribution in [0.2, 0.25) is 0 Å². The number of hydrogen-bond acceptors (Lipinski definition) is 3. The summed E-state index contributed by atoms with van der Waals surface area (Å²) in [5.74, 6) is 1.33. The van der Waals surface area contributed by atoms with Gasteiger partial charge in [-0.1, -0.05) is 6.58 Å². The number of rotatable bonds is 1. The van der Waals surface area contributed by atoms with Crippen LogP contribution in [-0.4, -0.2) is 24.1 Å². The van der Waals surface area contributed by atoms with E-state index in [2.05, 4.69) is 6.58 Å². The van der Waals surface area contributed by atoms with Crippen molar-refractivity contribution in [1.82, 2.24) is 4.90 Å². The van der Waals surface area contributed by atoms with Crippen molar-refractivity contribution in [1.29, 1.82) is 0 Å². The minimum Gasteiger partial charge on any atom is -0.454 e. The van der Waals surface area contributed by atoms with Crippen molar-refractivity contribution >= 4 is 5.91 Å². The predicted octanol–water partition coefficient (Wildman–Crippen LogP) is 2.17. The van der Waals surface area contributed by atoms with Gasteiger partial charge in [0.25, 0.3) is 5.91 Å². The lowest BCUT2D eigenvalue weighted by molar-refractivity contribution is 0.0825. The molecule has 0 N–H and O–H groups in total. The van der Waals surface area contributed by atoms with E-state index in [1.807, 2.05) is 0 Å². The highest BCUT2D eigenvalue weighted by Crippen LogP contribution is 2.33. The van der Waals surface area contributed by atoms with Crippen LogP contribution in [-0.2, 0) is 0 Å². The zero-order valence-electron chi connectivity index (χ0n) is 9.44. The van der Waals surface area contributed by atoms with E-state index in [4.69, 9.17) is 9.47 Å². The quantitative estimate of drug-likeness (QED) is 0.743. The number of fused-ring (bicyclic) bond motifs is 1. The first-order valence-electron chi connectivity index (χ1n) is 5.65. The number of carbonyl (C=O) groups is 1. The third-order valence-electron chi connectivity index (χ3n) is 3.09. The standard InChI is InChI=1S/C13H13NO3/c1-9-3-2-6-14(9)13(15)10-4-5-11-12(7-10)17-8-16-11/h4-5,7H,1-3,6,8H2. The maximum absolute atomic E-state index is 12.2. The topological polar surface area (TPSA) is 38.8 Å². The Morgan fingerprint density at radius 2 is 2.12 bits per heavy atom. The molecule has 2 aliphatic heterocycles. The van der Waals surface area contributed by atoms with Crippen molar-refractivity contribution in [3.63, 3.8) is 0 Å². The number of hydrogen-bond donors (Lipinski definition) is 0. The van der Waals surface area contributed by atoms with E-state index in [9.17, 15) is 4.79 Å². The molecule has 0 spiro atoms. The summed E-state index contributed by atoms with van der Waals surface area (Å²) < 4.78 is 10.5. The molecular formula is C13H13NO3. The molecule has 17 heavy (non-hydrogen) atoms. The number of amides is 1. The minimum atomic E-state index is -0.00852. The molecule has 0 saturated carbocycles. The molecule has 0 aromatic heterocycles. The molecule has 1 aromatic rings. The molecule has 3 rings (SSSR count). The fraction of sp³-hybridized carbons (Fsp3) is 0.308. The summed E-state index contributed by atoms with van der Waals surface area (Å²) in [6.45, 7) is 4.89. The molecule has 4 heteroatoms. The Labute approximate surface area is 99.4 Å². The molecule has 2 heterocycles. The fourth-order valence-corrected chi connectivity index (χ4v) is 2.16. The summed E-state index contributed by atoms with van der Waals surface area (Å²) in [5.41, 5.74) is 1.52. The normalized spacial score (nSPS) is 17.6. The molecule has 0 unspecified atom stereocenters. The SMILES string of the molecule is C=C1CCCN1C(=O)c1ccc2c(c1)OCO2. The molecule has 1 fully saturated rings. The molecule has 0 radical (unpaired) electrons. The van der Waals surface area contributed by atoms with E-state index >= 15 is 0 Å². The second-order valence-corrected chi connectivity index (χ2v) is 4.19. The van der Waals surface area contributed by atoms with Crippen molar-refractivity contribution in [3.05, 3.63) is 36.0 Å². The molecule has 88 valence electrons. The van der Waals surface area contributed by atoms with Crippen LogP contribution in [0.5, 0.6) is 11.5 Å². The van der Waals surface area contributed by atoms with Gasteiger partial charge in [0, 0.05) is 17.8 Å². The molecule has 0 atom stereocenters. The van der Waals surface area contributed by atoms with Crippen molar-refractivity contribution in [2.45, 2.75) is 12.8 Å². The van der Waals surface area contributed by atoms with Crippen LogP contribution < -0.4 is 9.47 Å². The van der Waals surface area contributed by atoms with Gasteiger partial charge in [-0.15, -0.1) is 0 Å². The highest BCUT2D eigenvalue weighted by atomic mass is 16.7. The molecule has 4 nitrogen and oxygen atoms in total. The number of allylic oxidation sites excluding steroid dienone is 1. The lowest BCUT2D eigenvalue weighted by atomic mass is 10.1. The Kier molecular flexibility index (Phi) is 2.28. The maximum Gasteiger partial charge on any atom is 0.258 e. The van der Waals surface area contributed by atoms with Crippen LogP contribution in [0.3, 0.4) is 0 Å². The lowest BCUT2D eigenvalue weighted by Crippen LogP contribution is -2.25. The Bertz CT molecular complexity index is 495. The van der Waals surface area contributed by atoms with Gasteiger partial charge in [0.1, 0.15) is 0 Å². The van der Waals surface area contributed by atoms with E-state index in [0.717, 1.165) is 25.1 Å². The van der Waals surface area contributed by atoms with Crippen molar-refractivity contribution in [2.24, 2.45) is 0 Å². The van der Waals surface area contributed by atoms with Gasteiger partial charge < -0.3 is 14.4 Å². The highest BCUT2D eigenvalue weighted by molar-refractivity contribution is 5.96. The van der Waals surface area contributed by atoms with Crippen LogP contribution in [0.1, 0.15) is 23.2 Å². The van der Waals surface area contributed by atoms with Gasteiger partial charge in [0.2, 0.25) is 6.79 Å². The third-order valence-corrected chi connectivity index (χ3v) is 3.09. The molecule has 1 amide bonds. The number of ether oxygens (including phenoxy) is 2. The fourth-order valence-electron chi connectivity index (χ4n) is 2.16. The van der Waals surface area contributed by atoms with Gasteiger partial charge in [-0.3, -0.25) is 4.79 Å². The maximum atomic E-state index is 12.2. The van der Waals surface area contributed by atoms with Gasteiger partial charge in [0.15, 0.2) is 11.5 Å². The van der Waals surface area contributed by atoms with Crippen LogP contribution in [0.15, 0.2) is 30.5 Å². The van der Waals surface area contributed by atoms with Crippen LogP contribution in [0.25, 0.3) is 0 Å². The van der Waals surface area contributed by atoms with Gasteiger partial charge in [-0.05, 0) is 31.0 Å². The number of nitrogens with zero attached hydrogens (tertiary/aromatic N) is 1. The van der Waals surface area contributed by atoms with Crippen molar-refractivity contribution in [2.75, 3.05) is 13.3 Å². The van der Waals surface area contributed by atoms with E-state index in [1.165, 1.54) is 0 Å². The first-order valence-corrected chi connectivity index (χ1v) is 5.65. The van der Waals surface area contributed by atoms with Crippen molar-refractivity contribution < 1.29 is 14.3 Å². The zero-order valence-corrected chi connectivity index (χ0v) is 9.44. The predicted molar refractivity (Wildman–Crippen MR) is 62.0 cm³/mol. The minimum absolute atomic E-state index is 0.00852. The molecular weight excluding hydrogens is 218 g/mol. The lowest BCUT2D eigenvalue weighted by Gasteiger charge is -2.17. The third kappa shape index (κ3) is 1.65. The summed E-state index contributed by atoms with van der Waals surface area (Å²) in [7, 11) is 0. The number of likely N-dealkylation sites (tertiary alicyclic amines) is 1. The van der Waals surface area contributed by atoms with Gasteiger partial charge >= 0.3 is 0 Å². The molecule has 0 aliphatic carbocycles. The average molecular weight is 231 g/mol. The molecule has 1 saturated heterocycles. The van der Waals surface area contributed by atoms with E-state index in [-0.39, 0.29) is 12.7 Å². The molecule has 0 bridgehead atoms. The zero-order chi connectivity index (χ0) is 11.8. The summed E-state index contributed by atoms with van der Waals surface area (Å²) >= 11 is 0. The monoisotopic (exact) mass is 231 g/mol. The second kappa shape index (κ2) is 3.80. The Morgan fingerprint density at radius 3 is 2.88 bits per heavy atom. The van der Waals surface area contributed by atoms with E-state index in [1.54, 1.807) is 23.1 Å². The summed E-state index contributed by atoms with van der Waals surface area (Å²) in [5, 5.41) is 0. The second-order valence-electron chi connectivity index (χ2n) is 4.19. The van der Waals surface area contributed by atoms with E-state index < -0.39 is 0 Å². The molecule has 2 aliphatic rings. The van der Waals surface area contributed by atoms with Gasteiger partial charge in [-0.25, -0.2) is 0 Å². The first-order chi connectivity index (χ1) is 8.25. The average Bonchev–Trinajstić information content (AvgIpc) is 2.95. The highest BCUT2D eigenvalue weighted by Gasteiger charge is 2.24. The number of benzene rings is 1. The first kappa shape index (κ1) is 10.2. The summed E-state index contributed by atoms with van der Waals surface area (Å²) in [4.78, 5) is 14.0. The Morgan fingerprint density at radius 1 is 1.29 bits per heavy atom. The Hall–Kier alpha value is -1.97. The Balaban J connectivity index is 1.89. The van der Waals surface area contributed by atoms with Crippen LogP contribution >= 0.6 is 0 Å². The molecule has 1 aromatic carbocycles. The van der Waals surface area contributed by atoms with Gasteiger partial charge in [-0.2, -0.15) is 0 Å². The van der Waals surface area contributed by atoms with Crippen molar-refractivity contribution in [3.8, 4) is 11.5 Å². The van der Waals surface area contributed by atoms with Crippen LogP contribution in [0.4, 0.5) is 0 Å². The van der Waals surface area contributed by atoms with Crippen LogP contribution in [0, 0.1) is 0 Å². The smallest absolute Gasteiger partial charge is 0.258 e.